The van der Waals surface area contributed by atoms with E-state index in [2.05, 4.69) is 26.6 Å². The summed E-state index contributed by atoms with van der Waals surface area (Å²) in [6, 6.07) is 12.2. The molecule has 1 aliphatic heterocycles. The van der Waals surface area contributed by atoms with Crippen molar-refractivity contribution in [3.8, 4) is 0 Å². The van der Waals surface area contributed by atoms with E-state index in [0.29, 0.717) is 16.7 Å². The molecule has 1 aliphatic rings. The number of carbonyl (C=O) groups excluding carboxylic acids is 1. The minimum absolute atomic E-state index is 0.0963. The highest BCUT2D eigenvalue weighted by Crippen LogP contribution is 2.32. The van der Waals surface area contributed by atoms with E-state index in [1.54, 1.807) is 12.1 Å². The van der Waals surface area contributed by atoms with Crippen molar-refractivity contribution < 1.29 is 9.18 Å². The maximum atomic E-state index is 13.2. The molecule has 20 heavy (non-hydrogen) atoms. The summed E-state index contributed by atoms with van der Waals surface area (Å²) in [5, 5.41) is 6.02. The third-order valence-corrected chi connectivity index (χ3v) is 3.94. The topological polar surface area (TPSA) is 41.1 Å². The molecule has 3 rings (SSSR count). The van der Waals surface area contributed by atoms with Gasteiger partial charge in [-0.05, 0) is 45.8 Å². The second kappa shape index (κ2) is 5.25. The number of fused-ring (bicyclic) bond motifs is 1. The van der Waals surface area contributed by atoms with E-state index in [1.807, 2.05) is 24.3 Å². The van der Waals surface area contributed by atoms with Gasteiger partial charge < -0.3 is 10.6 Å². The molecule has 0 spiro atoms. The summed E-state index contributed by atoms with van der Waals surface area (Å²) >= 11 is 3.11. The van der Waals surface area contributed by atoms with Crippen LogP contribution in [0.25, 0.3) is 0 Å². The first-order chi connectivity index (χ1) is 9.65. The van der Waals surface area contributed by atoms with Gasteiger partial charge in [0, 0.05) is 17.9 Å². The Balaban J connectivity index is 1.79. The molecule has 0 aromatic heterocycles. The lowest BCUT2D eigenvalue weighted by molar-refractivity contribution is -0.117. The first-order valence-electron chi connectivity index (χ1n) is 6.24. The maximum Gasteiger partial charge on any atom is 0.233 e. The van der Waals surface area contributed by atoms with Gasteiger partial charge in [0.25, 0.3) is 0 Å². The fraction of sp³-hybridized carbons (Fsp3) is 0.133. The zero-order valence-electron chi connectivity index (χ0n) is 10.5. The maximum absolute atomic E-state index is 13.2. The molecule has 0 aliphatic carbocycles. The van der Waals surface area contributed by atoms with Gasteiger partial charge in [0.15, 0.2) is 0 Å². The number of nitrogens with one attached hydrogen (secondary N) is 2. The van der Waals surface area contributed by atoms with Crippen molar-refractivity contribution in [3.63, 3.8) is 0 Å². The van der Waals surface area contributed by atoms with Gasteiger partial charge >= 0.3 is 0 Å². The molecule has 3 nitrogen and oxygen atoms in total. The van der Waals surface area contributed by atoms with E-state index in [0.717, 1.165) is 11.3 Å². The number of hydrogen-bond donors (Lipinski definition) is 2. The van der Waals surface area contributed by atoms with Gasteiger partial charge in [0.05, 0.1) is 10.4 Å². The molecule has 0 fully saturated rings. The molecule has 1 unspecified atom stereocenters. The highest BCUT2D eigenvalue weighted by Gasteiger charge is 2.28. The molecule has 1 amide bonds. The van der Waals surface area contributed by atoms with Crippen molar-refractivity contribution in [1.29, 1.82) is 0 Å². The van der Waals surface area contributed by atoms with Crippen LogP contribution in [0, 0.1) is 5.82 Å². The normalized spacial score (nSPS) is 16.4. The summed E-state index contributed by atoms with van der Waals surface area (Å²) in [5.41, 5.74) is 2.56. The van der Waals surface area contributed by atoms with E-state index >= 15 is 0 Å². The van der Waals surface area contributed by atoms with Crippen LogP contribution in [0.2, 0.25) is 0 Å². The Hall–Kier alpha value is -1.88. The standard InChI is InChI=1S/C15H12BrFN2O/c16-12-7-9(5-6-13(12)17)19-15(20)11-8-18-14-4-2-1-3-10(11)14/h1-7,11,18H,8H2,(H,19,20). The summed E-state index contributed by atoms with van der Waals surface area (Å²) in [4.78, 5) is 12.3. The third kappa shape index (κ3) is 2.41. The Morgan fingerprint density at radius 1 is 1.30 bits per heavy atom. The molecule has 2 aromatic carbocycles. The van der Waals surface area contributed by atoms with E-state index in [1.165, 1.54) is 6.07 Å². The molecule has 5 heteroatoms. The van der Waals surface area contributed by atoms with Crippen LogP contribution >= 0.6 is 15.9 Å². The molecule has 0 bridgehead atoms. The van der Waals surface area contributed by atoms with Gasteiger partial charge in [-0.3, -0.25) is 4.79 Å². The molecular weight excluding hydrogens is 323 g/mol. The van der Waals surface area contributed by atoms with E-state index in [-0.39, 0.29) is 17.6 Å². The molecule has 0 saturated carbocycles. The van der Waals surface area contributed by atoms with Crippen molar-refractivity contribution in [1.82, 2.24) is 0 Å². The molecule has 0 saturated heterocycles. The molecular formula is C15H12BrFN2O. The second-order valence-corrected chi connectivity index (χ2v) is 5.49. The SMILES string of the molecule is O=C(Nc1ccc(F)c(Br)c1)C1CNc2ccccc21. The molecule has 1 heterocycles. The molecule has 0 radical (unpaired) electrons. The molecule has 2 N–H and O–H groups in total. The highest BCUT2D eigenvalue weighted by molar-refractivity contribution is 9.10. The Morgan fingerprint density at radius 2 is 2.10 bits per heavy atom. The lowest BCUT2D eigenvalue weighted by Gasteiger charge is -2.11. The van der Waals surface area contributed by atoms with Gasteiger partial charge in [-0.15, -0.1) is 0 Å². The number of rotatable bonds is 2. The summed E-state index contributed by atoms with van der Waals surface area (Å²) in [5.74, 6) is -0.674. The monoisotopic (exact) mass is 334 g/mol. The predicted octanol–water partition coefficient (Wildman–Crippen LogP) is 3.74. The van der Waals surface area contributed by atoms with Crippen LogP contribution in [-0.4, -0.2) is 12.5 Å². The van der Waals surface area contributed by atoms with Crippen molar-refractivity contribution in [3.05, 3.63) is 58.3 Å². The Labute approximate surface area is 124 Å². The quantitative estimate of drug-likeness (QED) is 0.878. The minimum Gasteiger partial charge on any atom is -0.384 e. The number of amides is 1. The summed E-state index contributed by atoms with van der Waals surface area (Å²) in [6.45, 7) is 0.577. The van der Waals surface area contributed by atoms with Crippen molar-refractivity contribution in [2.45, 2.75) is 5.92 Å². The Bertz CT molecular complexity index is 675. The third-order valence-electron chi connectivity index (χ3n) is 3.34. The molecule has 102 valence electrons. The average molecular weight is 335 g/mol. The van der Waals surface area contributed by atoms with E-state index < -0.39 is 0 Å². The van der Waals surface area contributed by atoms with Crippen LogP contribution in [0.4, 0.5) is 15.8 Å². The van der Waals surface area contributed by atoms with Crippen molar-refractivity contribution in [2.75, 3.05) is 17.2 Å². The lowest BCUT2D eigenvalue weighted by Crippen LogP contribution is -2.22. The average Bonchev–Trinajstić information content (AvgIpc) is 2.87. The van der Waals surface area contributed by atoms with Crippen LogP contribution < -0.4 is 10.6 Å². The number of anilines is 2. The fourth-order valence-corrected chi connectivity index (χ4v) is 2.70. The molecule has 1 atom stereocenters. The summed E-state index contributed by atoms with van der Waals surface area (Å²) in [7, 11) is 0. The van der Waals surface area contributed by atoms with Gasteiger partial charge in [-0.1, -0.05) is 18.2 Å². The van der Waals surface area contributed by atoms with Crippen LogP contribution in [0.15, 0.2) is 46.9 Å². The number of para-hydroxylation sites is 1. The number of carbonyl (C=O) groups is 1. The minimum atomic E-state index is -0.351. The first-order valence-corrected chi connectivity index (χ1v) is 7.03. The zero-order chi connectivity index (χ0) is 14.1. The number of benzene rings is 2. The van der Waals surface area contributed by atoms with Gasteiger partial charge in [0.1, 0.15) is 5.82 Å². The van der Waals surface area contributed by atoms with E-state index in [4.69, 9.17) is 0 Å². The van der Waals surface area contributed by atoms with Crippen LogP contribution in [0.3, 0.4) is 0 Å². The van der Waals surface area contributed by atoms with Crippen LogP contribution in [0.5, 0.6) is 0 Å². The predicted molar refractivity (Wildman–Crippen MR) is 80.4 cm³/mol. The lowest BCUT2D eigenvalue weighted by atomic mass is 10.0. The number of hydrogen-bond acceptors (Lipinski definition) is 2. The smallest absolute Gasteiger partial charge is 0.233 e. The first kappa shape index (κ1) is 13.1. The van der Waals surface area contributed by atoms with Gasteiger partial charge in [0.2, 0.25) is 5.91 Å². The van der Waals surface area contributed by atoms with Crippen molar-refractivity contribution >= 4 is 33.2 Å². The fourth-order valence-electron chi connectivity index (χ4n) is 2.32. The van der Waals surface area contributed by atoms with Gasteiger partial charge in [-0.2, -0.15) is 0 Å². The summed E-state index contributed by atoms with van der Waals surface area (Å²) < 4.78 is 13.5. The zero-order valence-corrected chi connectivity index (χ0v) is 12.1. The largest absolute Gasteiger partial charge is 0.384 e. The Morgan fingerprint density at radius 3 is 2.90 bits per heavy atom. The second-order valence-electron chi connectivity index (χ2n) is 4.64. The summed E-state index contributed by atoms with van der Waals surface area (Å²) in [6.07, 6.45) is 0. The number of halogens is 2. The van der Waals surface area contributed by atoms with Gasteiger partial charge in [-0.25, -0.2) is 4.39 Å². The van der Waals surface area contributed by atoms with E-state index in [9.17, 15) is 9.18 Å². The van der Waals surface area contributed by atoms with Crippen molar-refractivity contribution in [2.24, 2.45) is 0 Å². The van der Waals surface area contributed by atoms with Crippen LogP contribution in [0.1, 0.15) is 11.5 Å². The van der Waals surface area contributed by atoms with Crippen LogP contribution in [-0.2, 0) is 4.79 Å². The molecule has 2 aromatic rings. The Kier molecular flexibility index (Phi) is 3.44. The highest BCUT2D eigenvalue weighted by atomic mass is 79.9.